The predicted octanol–water partition coefficient (Wildman–Crippen LogP) is 3.38. The highest BCUT2D eigenvalue weighted by atomic mass is 35.5. The molecule has 0 bridgehead atoms. The van der Waals surface area contributed by atoms with Crippen LogP contribution in [0.5, 0.6) is 0 Å². The molecule has 0 nitrogen and oxygen atoms in total. The highest BCUT2D eigenvalue weighted by molar-refractivity contribution is 6.95. The van der Waals surface area contributed by atoms with Crippen molar-refractivity contribution >= 4 is 36.5 Å². The van der Waals surface area contributed by atoms with Crippen molar-refractivity contribution in [2.24, 2.45) is 0 Å². The van der Waals surface area contributed by atoms with Crippen molar-refractivity contribution in [3.8, 4) is 0 Å². The van der Waals surface area contributed by atoms with Crippen LogP contribution in [0.4, 0.5) is 0 Å². The van der Waals surface area contributed by atoms with Gasteiger partial charge in [0.05, 0.1) is 8.07 Å². The normalized spacial score (nSPS) is 15.1. The summed E-state index contributed by atoms with van der Waals surface area (Å²) in [6.45, 7) is 2.34. The van der Waals surface area contributed by atoms with Crippen LogP contribution in [-0.2, 0) is 0 Å². The second-order valence-corrected chi connectivity index (χ2v) is 9.50. The van der Waals surface area contributed by atoms with E-state index in [0.717, 1.165) is 17.8 Å². The molecule has 1 unspecified atom stereocenters. The summed E-state index contributed by atoms with van der Waals surface area (Å²) in [7, 11) is -1.44. The molecule has 0 spiro atoms. The first-order valence-electron chi connectivity index (χ1n) is 4.90. The van der Waals surface area contributed by atoms with Crippen molar-refractivity contribution < 1.29 is 0 Å². The Morgan fingerprint density at radius 1 is 1.14 bits per heavy atom. The van der Waals surface area contributed by atoms with Crippen LogP contribution in [0.3, 0.4) is 0 Å². The third kappa shape index (κ3) is 3.01. The monoisotopic (exact) mass is 246 g/mol. The zero-order valence-corrected chi connectivity index (χ0v) is 11.0. The van der Waals surface area contributed by atoms with Gasteiger partial charge in [-0.25, -0.2) is 0 Å². The first-order chi connectivity index (χ1) is 6.73. The highest BCUT2D eigenvalue weighted by Crippen LogP contribution is 2.15. The summed E-state index contributed by atoms with van der Waals surface area (Å²) < 4.78 is 0. The molecular formula is C11H16Cl2Si. The number of alkyl halides is 2. The van der Waals surface area contributed by atoms with Crippen molar-refractivity contribution in [3.63, 3.8) is 0 Å². The fraction of sp³-hybridized carbons (Fsp3) is 0.455. The molecular weight excluding hydrogens is 231 g/mol. The van der Waals surface area contributed by atoms with Crippen LogP contribution in [0.2, 0.25) is 12.6 Å². The van der Waals surface area contributed by atoms with E-state index in [9.17, 15) is 0 Å². The average Bonchev–Trinajstić information content (AvgIpc) is 2.27. The second kappa shape index (κ2) is 5.79. The second-order valence-electron chi connectivity index (χ2n) is 3.85. The molecule has 78 valence electrons. The lowest BCUT2D eigenvalue weighted by atomic mass is 10.4. The van der Waals surface area contributed by atoms with Gasteiger partial charge >= 0.3 is 0 Å². The van der Waals surface area contributed by atoms with E-state index in [4.69, 9.17) is 23.2 Å². The van der Waals surface area contributed by atoms with Gasteiger partial charge in [-0.2, -0.15) is 0 Å². The van der Waals surface area contributed by atoms with E-state index in [1.165, 1.54) is 11.2 Å². The third-order valence-electron chi connectivity index (χ3n) is 2.63. The van der Waals surface area contributed by atoms with E-state index in [1.807, 2.05) is 6.07 Å². The first kappa shape index (κ1) is 12.1. The van der Waals surface area contributed by atoms with Gasteiger partial charge in [0, 0.05) is 11.4 Å². The Bertz CT molecular complexity index is 263. The summed E-state index contributed by atoms with van der Waals surface area (Å²) in [5, 5.41) is 1.44. The quantitative estimate of drug-likeness (QED) is 0.552. The molecule has 0 saturated heterocycles. The fourth-order valence-corrected chi connectivity index (χ4v) is 5.34. The Morgan fingerprint density at radius 2 is 1.79 bits per heavy atom. The minimum atomic E-state index is -1.44. The molecule has 0 amide bonds. The van der Waals surface area contributed by atoms with Gasteiger partial charge in [-0.3, -0.25) is 0 Å². The molecule has 0 radical (unpaired) electrons. The van der Waals surface area contributed by atoms with Crippen LogP contribution in [0.25, 0.3) is 0 Å². The molecule has 0 aliphatic heterocycles. The van der Waals surface area contributed by atoms with Crippen LogP contribution in [0.1, 0.15) is 6.42 Å². The van der Waals surface area contributed by atoms with Gasteiger partial charge in [0.1, 0.15) is 0 Å². The van der Waals surface area contributed by atoms with Gasteiger partial charge in [0.25, 0.3) is 0 Å². The van der Waals surface area contributed by atoms with Crippen molar-refractivity contribution in [1.82, 2.24) is 0 Å². The summed E-state index contributed by atoms with van der Waals surface area (Å²) in [5.41, 5.74) is 0.786. The highest BCUT2D eigenvalue weighted by Gasteiger charge is 2.27. The smallest absolute Gasteiger partial charge is 0.0989 e. The molecule has 0 saturated carbocycles. The molecule has 1 atom stereocenters. The standard InChI is InChI=1S/C11H16Cl2Si/c1-14(10-13,9-5-8-12)11-6-3-2-4-7-11/h2-4,6-7H,5,8-10H2,1H3. The van der Waals surface area contributed by atoms with E-state index in [1.54, 1.807) is 0 Å². The number of benzene rings is 1. The number of halogens is 2. The lowest BCUT2D eigenvalue weighted by molar-refractivity contribution is 1.06. The lowest BCUT2D eigenvalue weighted by Gasteiger charge is -2.24. The number of hydrogen-bond donors (Lipinski definition) is 0. The van der Waals surface area contributed by atoms with Gasteiger partial charge < -0.3 is 0 Å². The van der Waals surface area contributed by atoms with Crippen LogP contribution < -0.4 is 5.19 Å². The van der Waals surface area contributed by atoms with E-state index in [0.29, 0.717) is 0 Å². The summed E-state index contributed by atoms with van der Waals surface area (Å²) in [6.07, 6.45) is 1.08. The van der Waals surface area contributed by atoms with Crippen molar-refractivity contribution in [3.05, 3.63) is 30.3 Å². The van der Waals surface area contributed by atoms with E-state index in [2.05, 4.69) is 30.8 Å². The van der Waals surface area contributed by atoms with E-state index >= 15 is 0 Å². The molecule has 0 heterocycles. The summed E-state index contributed by atoms with van der Waals surface area (Å²) in [5.74, 6) is 0.742. The largest absolute Gasteiger partial charge is 0.130 e. The van der Waals surface area contributed by atoms with Gasteiger partial charge in [0.15, 0.2) is 0 Å². The van der Waals surface area contributed by atoms with E-state index < -0.39 is 8.07 Å². The topological polar surface area (TPSA) is 0 Å². The maximum absolute atomic E-state index is 6.10. The summed E-state index contributed by atoms with van der Waals surface area (Å²) >= 11 is 11.8. The van der Waals surface area contributed by atoms with Gasteiger partial charge in [-0.1, -0.05) is 48.1 Å². The summed E-state index contributed by atoms with van der Waals surface area (Å²) in [6, 6.07) is 11.8. The molecule has 1 aromatic rings. The maximum atomic E-state index is 6.10. The number of rotatable bonds is 5. The minimum absolute atomic E-state index is 0.742. The Kier molecular flexibility index (Phi) is 5.00. The van der Waals surface area contributed by atoms with E-state index in [-0.39, 0.29) is 0 Å². The molecule has 1 rings (SSSR count). The molecule has 0 aliphatic carbocycles. The minimum Gasteiger partial charge on any atom is -0.130 e. The zero-order valence-electron chi connectivity index (χ0n) is 8.47. The third-order valence-corrected chi connectivity index (χ3v) is 8.44. The molecule has 0 aromatic heterocycles. The first-order valence-corrected chi connectivity index (χ1v) is 8.89. The SMILES string of the molecule is C[Si](CCl)(CCCCl)c1ccccc1. The Hall–Kier alpha value is 0.0169. The summed E-state index contributed by atoms with van der Waals surface area (Å²) in [4.78, 5) is 0. The van der Waals surface area contributed by atoms with Gasteiger partial charge in [0.2, 0.25) is 0 Å². The van der Waals surface area contributed by atoms with Crippen molar-refractivity contribution in [2.45, 2.75) is 19.0 Å². The lowest BCUT2D eigenvalue weighted by Crippen LogP contribution is -2.46. The fourth-order valence-electron chi connectivity index (χ4n) is 1.59. The van der Waals surface area contributed by atoms with Crippen LogP contribution in [0.15, 0.2) is 30.3 Å². The predicted molar refractivity (Wildman–Crippen MR) is 68.6 cm³/mol. The average molecular weight is 247 g/mol. The Labute approximate surface area is 97.2 Å². The van der Waals surface area contributed by atoms with Crippen LogP contribution in [-0.4, -0.2) is 19.5 Å². The number of hydrogen-bond acceptors (Lipinski definition) is 0. The Balaban J connectivity index is 2.79. The molecule has 3 heteroatoms. The maximum Gasteiger partial charge on any atom is 0.0989 e. The van der Waals surface area contributed by atoms with Crippen LogP contribution in [0, 0.1) is 0 Å². The van der Waals surface area contributed by atoms with Gasteiger partial charge in [-0.05, 0) is 6.42 Å². The molecule has 0 aliphatic rings. The zero-order chi connectivity index (χ0) is 10.4. The molecule has 0 N–H and O–H groups in total. The molecule has 1 aromatic carbocycles. The van der Waals surface area contributed by atoms with Crippen molar-refractivity contribution in [1.29, 1.82) is 0 Å². The Morgan fingerprint density at radius 3 is 2.29 bits per heavy atom. The molecule has 0 fully saturated rings. The van der Waals surface area contributed by atoms with Crippen molar-refractivity contribution in [2.75, 3.05) is 11.4 Å². The molecule has 14 heavy (non-hydrogen) atoms. The van der Waals surface area contributed by atoms with Crippen LogP contribution >= 0.6 is 23.2 Å². The van der Waals surface area contributed by atoms with Gasteiger partial charge in [-0.15, -0.1) is 23.2 Å².